The van der Waals surface area contributed by atoms with Gasteiger partial charge in [-0.05, 0) is 64.7 Å². The highest BCUT2D eigenvalue weighted by molar-refractivity contribution is 6.03. The molecule has 1 heteroatoms. The van der Waals surface area contributed by atoms with Gasteiger partial charge in [0.2, 0.25) is 0 Å². The van der Waals surface area contributed by atoms with Crippen LogP contribution in [0.15, 0.2) is 120 Å². The normalized spacial score (nSPS) is 11.8. The zero-order chi connectivity index (χ0) is 25.1. The third-order valence-corrected chi connectivity index (χ3v) is 4.69. The largest absolute Gasteiger partial charge is 0.260 e. The van der Waals surface area contributed by atoms with Gasteiger partial charge in [-0.1, -0.05) is 123 Å². The van der Waals surface area contributed by atoms with Crippen LogP contribution >= 0.6 is 0 Å². The van der Waals surface area contributed by atoms with Crippen LogP contribution in [-0.4, -0.2) is 5.71 Å². The lowest BCUT2D eigenvalue weighted by Crippen LogP contribution is -1.96. The lowest BCUT2D eigenvalue weighted by Gasteiger charge is -2.03. The van der Waals surface area contributed by atoms with Crippen LogP contribution in [-0.2, 0) is 0 Å². The number of hydrogen-bond donors (Lipinski definition) is 0. The molecular weight excluding hydrogens is 410 g/mol. The predicted molar refractivity (Wildman–Crippen MR) is 158 cm³/mol. The summed E-state index contributed by atoms with van der Waals surface area (Å²) in [5.74, 6) is 0. The molecule has 34 heavy (non-hydrogen) atoms. The van der Waals surface area contributed by atoms with Gasteiger partial charge in [0.05, 0.1) is 0 Å². The van der Waals surface area contributed by atoms with Gasteiger partial charge >= 0.3 is 0 Å². The molecule has 2 aromatic rings. The second-order valence-corrected chi connectivity index (χ2v) is 7.94. The maximum atomic E-state index is 4.33. The lowest BCUT2D eigenvalue weighted by atomic mass is 10.00. The molecule has 3 rings (SSSR count). The first-order valence-corrected chi connectivity index (χ1v) is 11.7. The summed E-state index contributed by atoms with van der Waals surface area (Å²) in [6.45, 7) is 22.1. The lowest BCUT2D eigenvalue weighted by molar-refractivity contribution is 1.19. The van der Waals surface area contributed by atoms with Gasteiger partial charge in [-0.2, -0.15) is 0 Å². The number of aliphatic imine (C=N–C) groups is 1. The Labute approximate surface area is 211 Å². The Morgan fingerprint density at radius 2 is 1.44 bits per heavy atom. The Bertz CT molecular complexity index is 932. The fourth-order valence-corrected chi connectivity index (χ4v) is 2.77. The summed E-state index contributed by atoms with van der Waals surface area (Å²) in [7, 11) is 0. The van der Waals surface area contributed by atoms with E-state index in [-0.39, 0.29) is 7.43 Å². The van der Waals surface area contributed by atoms with E-state index in [0.717, 1.165) is 24.1 Å². The molecule has 0 N–H and O–H groups in total. The van der Waals surface area contributed by atoms with Gasteiger partial charge in [-0.3, -0.25) is 4.99 Å². The first kappa shape index (κ1) is 33.0. The quantitative estimate of drug-likeness (QED) is 0.320. The second-order valence-electron chi connectivity index (χ2n) is 7.94. The Morgan fingerprint density at radius 1 is 0.912 bits per heavy atom. The van der Waals surface area contributed by atoms with E-state index in [9.17, 15) is 0 Å². The van der Waals surface area contributed by atoms with Crippen LogP contribution in [0.2, 0.25) is 0 Å². The molecule has 0 radical (unpaired) electrons. The summed E-state index contributed by atoms with van der Waals surface area (Å²) in [4.78, 5) is 4.33. The number of aryl methyl sites for hydroxylation is 3. The number of allylic oxidation sites excluding steroid dienone is 7. The average Bonchev–Trinajstić information content (AvgIpc) is 3.29. The zero-order valence-electron chi connectivity index (χ0n) is 21.9. The molecule has 0 fully saturated rings. The summed E-state index contributed by atoms with van der Waals surface area (Å²) < 4.78 is 0. The fraction of sp³-hybridized carbons (Fsp3) is 0.303. The Balaban J connectivity index is 0. The molecule has 2 aromatic carbocycles. The maximum absolute atomic E-state index is 4.33. The molecule has 1 aliphatic heterocycles. The van der Waals surface area contributed by atoms with Gasteiger partial charge in [-0.25, -0.2) is 0 Å². The number of nitrogens with zero attached hydrogens (tertiary/aromatic N) is 1. The van der Waals surface area contributed by atoms with Crippen molar-refractivity contribution in [3.8, 4) is 0 Å². The Morgan fingerprint density at radius 3 is 1.74 bits per heavy atom. The summed E-state index contributed by atoms with van der Waals surface area (Å²) in [6.07, 6.45) is 11.9. The monoisotopic (exact) mass is 457 g/mol. The van der Waals surface area contributed by atoms with Crippen molar-refractivity contribution in [1.82, 2.24) is 0 Å². The SMILES string of the molecule is C.C/C=C\C.C=C/C(=C\CC)C1=CN=C(C(=C)C)C1.Cc1cccc(C)c1.Cc1ccccc1. The molecule has 1 nitrogen and oxygen atoms in total. The van der Waals surface area contributed by atoms with Crippen molar-refractivity contribution in [2.24, 2.45) is 4.99 Å². The number of hydrogen-bond acceptors (Lipinski definition) is 1. The predicted octanol–water partition coefficient (Wildman–Crippen LogP) is 10.3. The van der Waals surface area contributed by atoms with Crippen molar-refractivity contribution in [3.63, 3.8) is 0 Å². The Kier molecular flexibility index (Phi) is 19.8. The molecule has 0 saturated heterocycles. The molecule has 0 bridgehead atoms. The summed E-state index contributed by atoms with van der Waals surface area (Å²) in [5.41, 5.74) is 8.59. The van der Waals surface area contributed by atoms with Gasteiger partial charge in [-0.15, -0.1) is 0 Å². The highest BCUT2D eigenvalue weighted by atomic mass is 14.7. The van der Waals surface area contributed by atoms with Crippen LogP contribution in [0.5, 0.6) is 0 Å². The van der Waals surface area contributed by atoms with Crippen molar-refractivity contribution < 1.29 is 0 Å². The van der Waals surface area contributed by atoms with E-state index in [1.807, 2.05) is 63.4 Å². The van der Waals surface area contributed by atoms with E-state index in [1.54, 1.807) is 0 Å². The number of benzene rings is 2. The molecular formula is C33H47N. The summed E-state index contributed by atoms with van der Waals surface area (Å²) in [6, 6.07) is 18.7. The van der Waals surface area contributed by atoms with E-state index in [1.165, 1.54) is 27.8 Å². The van der Waals surface area contributed by atoms with Crippen LogP contribution in [0, 0.1) is 20.8 Å². The molecule has 1 heterocycles. The molecule has 0 saturated carbocycles. The topological polar surface area (TPSA) is 12.4 Å². The van der Waals surface area contributed by atoms with Crippen LogP contribution in [0.4, 0.5) is 0 Å². The molecule has 0 aromatic heterocycles. The van der Waals surface area contributed by atoms with Crippen molar-refractivity contribution in [1.29, 1.82) is 0 Å². The van der Waals surface area contributed by atoms with E-state index in [4.69, 9.17) is 0 Å². The molecule has 0 aliphatic carbocycles. The van der Waals surface area contributed by atoms with E-state index in [2.05, 4.69) is 88.3 Å². The first-order chi connectivity index (χ1) is 15.8. The average molecular weight is 458 g/mol. The van der Waals surface area contributed by atoms with E-state index >= 15 is 0 Å². The summed E-state index contributed by atoms with van der Waals surface area (Å²) >= 11 is 0. The van der Waals surface area contributed by atoms with Crippen molar-refractivity contribution in [2.75, 3.05) is 0 Å². The maximum Gasteiger partial charge on any atom is 0.0471 e. The zero-order valence-corrected chi connectivity index (χ0v) is 21.9. The molecule has 0 amide bonds. The van der Waals surface area contributed by atoms with E-state index < -0.39 is 0 Å². The van der Waals surface area contributed by atoms with Gasteiger partial charge < -0.3 is 0 Å². The second kappa shape index (κ2) is 20.4. The fourth-order valence-electron chi connectivity index (χ4n) is 2.77. The minimum atomic E-state index is 0. The minimum absolute atomic E-state index is 0. The Hall–Kier alpha value is -3.19. The first-order valence-electron chi connectivity index (χ1n) is 11.7. The smallest absolute Gasteiger partial charge is 0.0471 e. The van der Waals surface area contributed by atoms with Gasteiger partial charge in [0, 0.05) is 18.3 Å². The molecule has 0 spiro atoms. The highest BCUT2D eigenvalue weighted by Gasteiger charge is 2.12. The molecule has 184 valence electrons. The van der Waals surface area contributed by atoms with Gasteiger partial charge in [0.1, 0.15) is 0 Å². The standard InChI is InChI=1S/C13H17N.C8H10.C7H8.C4H8.CH4/c1-5-7-11(6-2)12-8-13(10(3)4)14-9-12;1-7-4-3-5-8(2)6-7;1-7-5-3-2-4-6-7;1-3-4-2;/h6-7,9H,2-3,5,8H2,1,4H3;3-6H,1-2H3;2-6H,1H3;3-4H,1-2H3;1H4/b11-7+;;;4-3-;. The third-order valence-electron chi connectivity index (χ3n) is 4.69. The van der Waals surface area contributed by atoms with Crippen LogP contribution in [0.25, 0.3) is 0 Å². The van der Waals surface area contributed by atoms with Crippen LogP contribution < -0.4 is 0 Å². The minimum Gasteiger partial charge on any atom is -0.260 e. The molecule has 1 aliphatic rings. The highest BCUT2D eigenvalue weighted by Crippen LogP contribution is 2.23. The number of rotatable bonds is 4. The van der Waals surface area contributed by atoms with Crippen molar-refractivity contribution in [3.05, 3.63) is 132 Å². The van der Waals surface area contributed by atoms with Crippen LogP contribution in [0.1, 0.15) is 64.7 Å². The molecule has 0 atom stereocenters. The van der Waals surface area contributed by atoms with Crippen molar-refractivity contribution in [2.45, 2.75) is 68.7 Å². The van der Waals surface area contributed by atoms with Crippen LogP contribution in [0.3, 0.4) is 0 Å². The van der Waals surface area contributed by atoms with E-state index in [0.29, 0.717) is 0 Å². The van der Waals surface area contributed by atoms with Gasteiger partial charge in [0.15, 0.2) is 0 Å². The molecule has 0 unspecified atom stereocenters. The van der Waals surface area contributed by atoms with Crippen molar-refractivity contribution >= 4 is 5.71 Å². The third kappa shape index (κ3) is 15.6. The van der Waals surface area contributed by atoms with Gasteiger partial charge in [0.25, 0.3) is 0 Å². The summed E-state index contributed by atoms with van der Waals surface area (Å²) in [5, 5.41) is 0.